The number of hydrogen-bond donors (Lipinski definition) is 1. The second-order valence-electron chi connectivity index (χ2n) is 4.09. The number of pyridine rings is 1. The number of nitro groups is 1. The number of non-ortho nitro benzene ring substituents is 1. The molecule has 0 aliphatic heterocycles. The highest BCUT2D eigenvalue weighted by Crippen LogP contribution is 2.32. The van der Waals surface area contributed by atoms with E-state index in [0.29, 0.717) is 0 Å². The number of carbonyl (C=O) groups is 1. The summed E-state index contributed by atoms with van der Waals surface area (Å²) in [5, 5.41) is 20.9. The van der Waals surface area contributed by atoms with Gasteiger partial charge in [0.05, 0.1) is 10.4 Å². The predicted molar refractivity (Wildman–Crippen MR) is 68.8 cm³/mol. The monoisotopic (exact) mass is 278 g/mol. The van der Waals surface area contributed by atoms with Crippen LogP contribution in [0.5, 0.6) is 11.5 Å². The zero-order valence-electron chi connectivity index (χ0n) is 10.6. The van der Waals surface area contributed by atoms with Gasteiger partial charge >= 0.3 is 5.97 Å². The third-order valence-electron chi connectivity index (χ3n) is 2.77. The Kier molecular flexibility index (Phi) is 3.15. The van der Waals surface area contributed by atoms with Crippen LogP contribution in [0.15, 0.2) is 23.0 Å². The molecule has 2 aromatic rings. The van der Waals surface area contributed by atoms with Gasteiger partial charge in [0.15, 0.2) is 5.75 Å². The van der Waals surface area contributed by atoms with Crippen molar-refractivity contribution in [1.29, 1.82) is 0 Å². The highest BCUT2D eigenvalue weighted by molar-refractivity contribution is 5.89. The highest BCUT2D eigenvalue weighted by Gasteiger charge is 2.19. The van der Waals surface area contributed by atoms with Crippen molar-refractivity contribution >= 4 is 22.6 Å². The minimum absolute atomic E-state index is 0.164. The Bertz CT molecular complexity index is 793. The fourth-order valence-corrected chi connectivity index (χ4v) is 1.83. The summed E-state index contributed by atoms with van der Waals surface area (Å²) in [6.07, 6.45) is 0. The quantitative estimate of drug-likeness (QED) is 0.499. The molecule has 8 nitrogen and oxygen atoms in total. The summed E-state index contributed by atoms with van der Waals surface area (Å²) in [5.41, 5.74) is -0.810. The number of ether oxygens (including phenoxy) is 1. The Morgan fingerprint density at radius 2 is 2.10 bits per heavy atom. The van der Waals surface area contributed by atoms with Crippen LogP contribution in [0.1, 0.15) is 6.92 Å². The zero-order valence-corrected chi connectivity index (χ0v) is 10.6. The average molecular weight is 278 g/mol. The second kappa shape index (κ2) is 4.65. The number of aromatic hydroxyl groups is 1. The lowest BCUT2D eigenvalue weighted by molar-refractivity contribution is -0.384. The average Bonchev–Trinajstić information content (AvgIpc) is 2.40. The SMILES string of the molecule is CC(=O)Oc1c(O)c2ccc([N+](=O)[O-])cc2n(C)c1=O. The summed E-state index contributed by atoms with van der Waals surface area (Å²) in [5.74, 6) is -1.77. The van der Waals surface area contributed by atoms with Gasteiger partial charge in [-0.25, -0.2) is 0 Å². The smallest absolute Gasteiger partial charge is 0.308 e. The van der Waals surface area contributed by atoms with Gasteiger partial charge in [0.1, 0.15) is 0 Å². The Hall–Kier alpha value is -2.90. The largest absolute Gasteiger partial charge is 0.504 e. The first-order valence-corrected chi connectivity index (χ1v) is 5.51. The van der Waals surface area contributed by atoms with Crippen molar-refractivity contribution in [3.63, 3.8) is 0 Å². The van der Waals surface area contributed by atoms with E-state index in [4.69, 9.17) is 0 Å². The van der Waals surface area contributed by atoms with Gasteiger partial charge in [-0.2, -0.15) is 0 Å². The van der Waals surface area contributed by atoms with E-state index >= 15 is 0 Å². The number of esters is 1. The summed E-state index contributed by atoms with van der Waals surface area (Å²) in [6.45, 7) is 1.10. The minimum atomic E-state index is -0.759. The zero-order chi connectivity index (χ0) is 15.0. The van der Waals surface area contributed by atoms with Gasteiger partial charge < -0.3 is 14.4 Å². The standard InChI is InChI=1S/C12H10N2O6/c1-6(15)20-11-10(16)8-4-3-7(14(18)19)5-9(8)13(2)12(11)17/h3-5,16H,1-2H3. The molecule has 0 saturated carbocycles. The van der Waals surface area contributed by atoms with E-state index in [9.17, 15) is 24.8 Å². The molecule has 2 rings (SSSR count). The van der Waals surface area contributed by atoms with E-state index in [2.05, 4.69) is 4.74 Å². The van der Waals surface area contributed by atoms with E-state index in [1.54, 1.807) is 0 Å². The molecule has 0 aliphatic rings. The molecule has 1 N–H and O–H groups in total. The molecule has 20 heavy (non-hydrogen) atoms. The van der Waals surface area contributed by atoms with E-state index in [1.807, 2.05) is 0 Å². The molecule has 0 fully saturated rings. The molecule has 1 aromatic carbocycles. The maximum absolute atomic E-state index is 12.0. The first-order valence-electron chi connectivity index (χ1n) is 5.51. The van der Waals surface area contributed by atoms with Crippen LogP contribution < -0.4 is 10.3 Å². The molecule has 1 aromatic heterocycles. The maximum Gasteiger partial charge on any atom is 0.308 e. The van der Waals surface area contributed by atoms with Crippen LogP contribution in [0.2, 0.25) is 0 Å². The summed E-state index contributed by atoms with van der Waals surface area (Å²) >= 11 is 0. The van der Waals surface area contributed by atoms with Gasteiger partial charge in [-0.3, -0.25) is 19.7 Å². The van der Waals surface area contributed by atoms with Crippen LogP contribution in [0.4, 0.5) is 5.69 Å². The van der Waals surface area contributed by atoms with E-state index in [1.165, 1.54) is 19.2 Å². The number of nitro benzene ring substituents is 1. The summed E-state index contributed by atoms with van der Waals surface area (Å²) in [7, 11) is 1.36. The summed E-state index contributed by atoms with van der Waals surface area (Å²) in [4.78, 5) is 33.0. The molecule has 0 atom stereocenters. The van der Waals surface area contributed by atoms with Crippen molar-refractivity contribution in [3.8, 4) is 11.5 Å². The summed E-state index contributed by atoms with van der Waals surface area (Å²) in [6, 6.07) is 3.63. The molecule has 0 saturated heterocycles. The molecular weight excluding hydrogens is 268 g/mol. The maximum atomic E-state index is 12.0. The van der Waals surface area contributed by atoms with Crippen LogP contribution in [0.3, 0.4) is 0 Å². The fraction of sp³-hybridized carbons (Fsp3) is 0.167. The summed E-state index contributed by atoms with van der Waals surface area (Å²) < 4.78 is 5.76. The third-order valence-corrected chi connectivity index (χ3v) is 2.77. The van der Waals surface area contributed by atoms with Crippen molar-refractivity contribution in [3.05, 3.63) is 38.7 Å². The number of nitrogens with zero attached hydrogens (tertiary/aromatic N) is 2. The van der Waals surface area contributed by atoms with Crippen LogP contribution in [0, 0.1) is 10.1 Å². The Labute approximate surface area is 112 Å². The Morgan fingerprint density at radius 1 is 1.45 bits per heavy atom. The second-order valence-corrected chi connectivity index (χ2v) is 4.09. The number of aromatic nitrogens is 1. The molecule has 0 aliphatic carbocycles. The van der Waals surface area contributed by atoms with Crippen LogP contribution in [0.25, 0.3) is 10.9 Å². The van der Waals surface area contributed by atoms with Crippen molar-refractivity contribution in [2.24, 2.45) is 7.05 Å². The predicted octanol–water partition coefficient (Wildman–Crippen LogP) is 1.08. The molecule has 0 spiro atoms. The Morgan fingerprint density at radius 3 is 2.65 bits per heavy atom. The topological polar surface area (TPSA) is 112 Å². The van der Waals surface area contributed by atoms with Gasteiger partial charge in [-0.05, 0) is 6.07 Å². The van der Waals surface area contributed by atoms with Gasteiger partial charge in [0, 0.05) is 31.5 Å². The number of carbonyl (C=O) groups excluding carboxylic acids is 1. The van der Waals surface area contributed by atoms with Crippen molar-refractivity contribution in [2.45, 2.75) is 6.92 Å². The van der Waals surface area contributed by atoms with E-state index in [0.717, 1.165) is 17.6 Å². The van der Waals surface area contributed by atoms with E-state index in [-0.39, 0.29) is 16.6 Å². The molecule has 1 heterocycles. The lowest BCUT2D eigenvalue weighted by Gasteiger charge is -2.10. The van der Waals surface area contributed by atoms with Gasteiger partial charge in [0.25, 0.3) is 11.2 Å². The minimum Gasteiger partial charge on any atom is -0.504 e. The van der Waals surface area contributed by atoms with Crippen molar-refractivity contribution < 1.29 is 19.6 Å². The molecule has 8 heteroatoms. The Balaban J connectivity index is 2.84. The first-order chi connectivity index (χ1) is 9.32. The molecule has 0 radical (unpaired) electrons. The van der Waals surface area contributed by atoms with Gasteiger partial charge in [-0.15, -0.1) is 0 Å². The first kappa shape index (κ1) is 13.5. The lowest BCUT2D eigenvalue weighted by atomic mass is 10.1. The number of hydrogen-bond acceptors (Lipinski definition) is 6. The lowest BCUT2D eigenvalue weighted by Crippen LogP contribution is -2.21. The molecule has 104 valence electrons. The van der Waals surface area contributed by atoms with Gasteiger partial charge in [-0.1, -0.05) is 0 Å². The fourth-order valence-electron chi connectivity index (χ4n) is 1.83. The van der Waals surface area contributed by atoms with Gasteiger partial charge in [0.2, 0.25) is 5.75 Å². The number of aryl methyl sites for hydroxylation is 1. The molecule has 0 bridgehead atoms. The van der Waals surface area contributed by atoms with Crippen LogP contribution >= 0.6 is 0 Å². The van der Waals surface area contributed by atoms with Crippen LogP contribution in [-0.4, -0.2) is 20.6 Å². The molecular formula is C12H10N2O6. The number of rotatable bonds is 2. The molecule has 0 unspecified atom stereocenters. The van der Waals surface area contributed by atoms with E-state index < -0.39 is 28.0 Å². The van der Waals surface area contributed by atoms with Crippen molar-refractivity contribution in [1.82, 2.24) is 4.57 Å². The molecule has 0 amide bonds. The third kappa shape index (κ3) is 2.07. The van der Waals surface area contributed by atoms with Crippen LogP contribution in [-0.2, 0) is 11.8 Å². The number of benzene rings is 1. The normalized spacial score (nSPS) is 10.5. The highest BCUT2D eigenvalue weighted by atomic mass is 16.6. The number of fused-ring (bicyclic) bond motifs is 1. The van der Waals surface area contributed by atoms with Crippen molar-refractivity contribution in [2.75, 3.05) is 0 Å².